The Morgan fingerprint density at radius 2 is 1.95 bits per heavy atom. The standard InChI is InChI=1S/C15H15BrClN3O/c16-11-8-14(18-10-11)15(21)20-6-4-19(5-7-20)13-3-1-2-12(17)9-13/h1-3,8-10,18H,4-7H2. The van der Waals surface area contributed by atoms with Crippen LogP contribution in [0.5, 0.6) is 0 Å². The van der Waals surface area contributed by atoms with Crippen LogP contribution in [0.2, 0.25) is 5.02 Å². The zero-order chi connectivity index (χ0) is 14.8. The predicted octanol–water partition coefficient (Wildman–Crippen LogP) is 3.39. The fourth-order valence-electron chi connectivity index (χ4n) is 2.50. The topological polar surface area (TPSA) is 39.3 Å². The van der Waals surface area contributed by atoms with Crippen LogP contribution >= 0.6 is 27.5 Å². The maximum atomic E-state index is 12.3. The number of rotatable bonds is 2. The lowest BCUT2D eigenvalue weighted by atomic mass is 10.2. The summed E-state index contributed by atoms with van der Waals surface area (Å²) in [5.74, 6) is 0.0476. The van der Waals surface area contributed by atoms with Gasteiger partial charge in [-0.1, -0.05) is 17.7 Å². The van der Waals surface area contributed by atoms with E-state index in [2.05, 4.69) is 25.8 Å². The summed E-state index contributed by atoms with van der Waals surface area (Å²) in [6, 6.07) is 9.64. The van der Waals surface area contributed by atoms with Gasteiger partial charge in [0.25, 0.3) is 5.91 Å². The van der Waals surface area contributed by atoms with Gasteiger partial charge in [-0.05, 0) is 40.2 Å². The number of benzene rings is 1. The van der Waals surface area contributed by atoms with Gasteiger partial charge >= 0.3 is 0 Å². The number of nitrogens with one attached hydrogen (secondary N) is 1. The number of amides is 1. The molecule has 2 aromatic rings. The number of carbonyl (C=O) groups excluding carboxylic acids is 1. The molecule has 0 spiro atoms. The average molecular weight is 369 g/mol. The highest BCUT2D eigenvalue weighted by atomic mass is 79.9. The van der Waals surface area contributed by atoms with E-state index in [9.17, 15) is 4.79 Å². The van der Waals surface area contributed by atoms with Crippen LogP contribution in [0.4, 0.5) is 5.69 Å². The van der Waals surface area contributed by atoms with Crippen LogP contribution in [0.3, 0.4) is 0 Å². The first-order valence-electron chi connectivity index (χ1n) is 6.77. The largest absolute Gasteiger partial charge is 0.368 e. The number of H-pyrrole nitrogens is 1. The van der Waals surface area contributed by atoms with Gasteiger partial charge < -0.3 is 14.8 Å². The van der Waals surface area contributed by atoms with Gasteiger partial charge in [0, 0.05) is 47.6 Å². The highest BCUT2D eigenvalue weighted by Gasteiger charge is 2.23. The molecule has 21 heavy (non-hydrogen) atoms. The van der Waals surface area contributed by atoms with Crippen LogP contribution in [0.1, 0.15) is 10.5 Å². The first-order valence-corrected chi connectivity index (χ1v) is 7.94. The van der Waals surface area contributed by atoms with Gasteiger partial charge in [0.1, 0.15) is 5.69 Å². The number of carbonyl (C=O) groups is 1. The minimum atomic E-state index is 0.0476. The molecule has 1 fully saturated rings. The normalized spacial score (nSPS) is 15.3. The molecule has 6 heteroatoms. The number of anilines is 1. The molecule has 1 amide bonds. The van der Waals surface area contributed by atoms with E-state index in [0.29, 0.717) is 18.8 Å². The molecule has 110 valence electrons. The molecule has 0 radical (unpaired) electrons. The third kappa shape index (κ3) is 3.24. The van der Waals surface area contributed by atoms with Crippen LogP contribution in [0.15, 0.2) is 41.0 Å². The van der Waals surface area contributed by atoms with Crippen LogP contribution in [-0.2, 0) is 0 Å². The van der Waals surface area contributed by atoms with E-state index in [1.165, 1.54) is 0 Å². The SMILES string of the molecule is O=C(c1cc(Br)c[nH]1)N1CCN(c2cccc(Cl)c2)CC1. The summed E-state index contributed by atoms with van der Waals surface area (Å²) >= 11 is 9.37. The second kappa shape index (κ2) is 6.12. The molecule has 1 aromatic heterocycles. The minimum absolute atomic E-state index is 0.0476. The van der Waals surface area contributed by atoms with Crippen molar-refractivity contribution in [2.24, 2.45) is 0 Å². The van der Waals surface area contributed by atoms with Gasteiger partial charge in [-0.2, -0.15) is 0 Å². The second-order valence-corrected chi connectivity index (χ2v) is 6.34. The van der Waals surface area contributed by atoms with E-state index in [1.54, 1.807) is 6.20 Å². The van der Waals surface area contributed by atoms with E-state index >= 15 is 0 Å². The molecule has 3 rings (SSSR count). The van der Waals surface area contributed by atoms with Gasteiger partial charge in [-0.15, -0.1) is 0 Å². The Labute approximate surface area is 136 Å². The highest BCUT2D eigenvalue weighted by Crippen LogP contribution is 2.21. The average Bonchev–Trinajstić information content (AvgIpc) is 2.93. The summed E-state index contributed by atoms with van der Waals surface area (Å²) in [5, 5.41) is 0.738. The quantitative estimate of drug-likeness (QED) is 0.882. The van der Waals surface area contributed by atoms with E-state index in [-0.39, 0.29) is 5.91 Å². The summed E-state index contributed by atoms with van der Waals surface area (Å²) in [5.41, 5.74) is 1.73. The van der Waals surface area contributed by atoms with E-state index in [4.69, 9.17) is 11.6 Å². The number of aromatic amines is 1. The van der Waals surface area contributed by atoms with Crippen molar-refractivity contribution >= 4 is 39.1 Å². The molecule has 1 aliphatic heterocycles. The zero-order valence-electron chi connectivity index (χ0n) is 11.4. The minimum Gasteiger partial charge on any atom is -0.368 e. The molecule has 4 nitrogen and oxygen atoms in total. The van der Waals surface area contributed by atoms with Crippen molar-refractivity contribution < 1.29 is 4.79 Å². The molecule has 1 saturated heterocycles. The number of halogens is 2. The van der Waals surface area contributed by atoms with Crippen molar-refractivity contribution in [3.8, 4) is 0 Å². The fraction of sp³-hybridized carbons (Fsp3) is 0.267. The maximum absolute atomic E-state index is 12.3. The van der Waals surface area contributed by atoms with E-state index in [0.717, 1.165) is 28.3 Å². The predicted molar refractivity (Wildman–Crippen MR) is 88.1 cm³/mol. The van der Waals surface area contributed by atoms with Crippen molar-refractivity contribution in [1.82, 2.24) is 9.88 Å². The van der Waals surface area contributed by atoms with Crippen LogP contribution in [-0.4, -0.2) is 42.0 Å². The van der Waals surface area contributed by atoms with Crippen LogP contribution in [0, 0.1) is 0 Å². The van der Waals surface area contributed by atoms with Gasteiger partial charge in [0.05, 0.1) is 0 Å². The van der Waals surface area contributed by atoms with Crippen LogP contribution in [0.25, 0.3) is 0 Å². The summed E-state index contributed by atoms with van der Waals surface area (Å²) < 4.78 is 0.892. The lowest BCUT2D eigenvalue weighted by Gasteiger charge is -2.36. The Balaban J connectivity index is 1.64. The number of aromatic nitrogens is 1. The number of nitrogens with zero attached hydrogens (tertiary/aromatic N) is 2. The molecule has 1 aliphatic rings. The molecule has 2 heterocycles. The van der Waals surface area contributed by atoms with E-state index < -0.39 is 0 Å². The third-order valence-electron chi connectivity index (χ3n) is 3.62. The smallest absolute Gasteiger partial charge is 0.270 e. The first kappa shape index (κ1) is 14.5. The number of hydrogen-bond donors (Lipinski definition) is 1. The Kier molecular flexibility index (Phi) is 4.22. The molecule has 0 aliphatic carbocycles. The molecule has 0 bridgehead atoms. The number of hydrogen-bond acceptors (Lipinski definition) is 2. The lowest BCUT2D eigenvalue weighted by molar-refractivity contribution is 0.0741. The number of piperazine rings is 1. The summed E-state index contributed by atoms with van der Waals surface area (Å²) in [6.07, 6.45) is 1.77. The molecular weight excluding hydrogens is 354 g/mol. The van der Waals surface area contributed by atoms with Crippen molar-refractivity contribution in [3.63, 3.8) is 0 Å². The highest BCUT2D eigenvalue weighted by molar-refractivity contribution is 9.10. The Morgan fingerprint density at radius 3 is 2.57 bits per heavy atom. The second-order valence-electron chi connectivity index (χ2n) is 4.99. The molecular formula is C15H15BrClN3O. The Hall–Kier alpha value is -1.46. The Morgan fingerprint density at radius 1 is 1.19 bits per heavy atom. The van der Waals surface area contributed by atoms with Crippen molar-refractivity contribution in [2.45, 2.75) is 0 Å². The fourth-order valence-corrected chi connectivity index (χ4v) is 3.03. The van der Waals surface area contributed by atoms with E-state index in [1.807, 2.05) is 35.2 Å². The maximum Gasteiger partial charge on any atom is 0.270 e. The molecule has 0 unspecified atom stereocenters. The summed E-state index contributed by atoms with van der Waals surface area (Å²) in [6.45, 7) is 3.05. The van der Waals surface area contributed by atoms with Crippen LogP contribution < -0.4 is 4.90 Å². The molecule has 0 saturated carbocycles. The Bertz CT molecular complexity index is 650. The molecule has 1 N–H and O–H groups in total. The van der Waals surface area contributed by atoms with Gasteiger partial charge in [-0.25, -0.2) is 0 Å². The van der Waals surface area contributed by atoms with Crippen molar-refractivity contribution in [2.75, 3.05) is 31.1 Å². The van der Waals surface area contributed by atoms with Gasteiger partial charge in [-0.3, -0.25) is 4.79 Å². The summed E-state index contributed by atoms with van der Waals surface area (Å²) in [7, 11) is 0. The summed E-state index contributed by atoms with van der Waals surface area (Å²) in [4.78, 5) is 19.5. The zero-order valence-corrected chi connectivity index (χ0v) is 13.7. The first-order chi connectivity index (χ1) is 10.1. The molecule has 1 aromatic carbocycles. The molecule has 0 atom stereocenters. The van der Waals surface area contributed by atoms with Crippen molar-refractivity contribution in [3.05, 3.63) is 51.7 Å². The van der Waals surface area contributed by atoms with Gasteiger partial charge in [0.2, 0.25) is 0 Å². The van der Waals surface area contributed by atoms with Gasteiger partial charge in [0.15, 0.2) is 0 Å². The third-order valence-corrected chi connectivity index (χ3v) is 4.31. The monoisotopic (exact) mass is 367 g/mol. The lowest BCUT2D eigenvalue weighted by Crippen LogP contribution is -2.48. The van der Waals surface area contributed by atoms with Crippen molar-refractivity contribution in [1.29, 1.82) is 0 Å².